The Kier molecular flexibility index (Phi) is 44.5. The summed E-state index contributed by atoms with van der Waals surface area (Å²) in [5, 5.41) is 0. The largest absolute Gasteiger partial charge is 0.462 e. The molecule has 59 heavy (non-hydrogen) atoms. The van der Waals surface area contributed by atoms with Gasteiger partial charge in [-0.1, -0.05) is 176 Å². The average Bonchev–Trinajstić information content (AvgIpc) is 3.23. The first-order valence-corrected chi connectivity index (χ1v) is 24.1. The van der Waals surface area contributed by atoms with Gasteiger partial charge in [0.15, 0.2) is 6.10 Å². The Bertz CT molecular complexity index is 1170. The molecule has 336 valence electrons. The molecule has 0 aromatic heterocycles. The molecule has 0 bridgehead atoms. The molecule has 0 fully saturated rings. The minimum atomic E-state index is -0.822. The third-order valence-electron chi connectivity index (χ3n) is 9.87. The molecule has 0 aromatic carbocycles. The highest BCUT2D eigenvalue weighted by Gasteiger charge is 2.19. The van der Waals surface area contributed by atoms with Gasteiger partial charge in [-0.05, 0) is 103 Å². The second-order valence-electron chi connectivity index (χ2n) is 15.6. The molecule has 0 spiro atoms. The van der Waals surface area contributed by atoms with Gasteiger partial charge >= 0.3 is 17.9 Å². The molecule has 0 radical (unpaired) electrons. The smallest absolute Gasteiger partial charge is 0.306 e. The first-order chi connectivity index (χ1) is 29.0. The van der Waals surface area contributed by atoms with Crippen molar-refractivity contribution >= 4 is 17.9 Å². The fourth-order valence-electron chi connectivity index (χ4n) is 6.24. The number of hydrogen-bond donors (Lipinski definition) is 0. The normalized spacial score (nSPS) is 12.8. The molecular formula is C53H88O6. The van der Waals surface area contributed by atoms with Gasteiger partial charge < -0.3 is 14.2 Å². The monoisotopic (exact) mass is 821 g/mol. The van der Waals surface area contributed by atoms with Crippen molar-refractivity contribution in [1.82, 2.24) is 0 Å². The fourth-order valence-corrected chi connectivity index (χ4v) is 6.24. The summed E-state index contributed by atoms with van der Waals surface area (Å²) >= 11 is 0. The molecular weight excluding hydrogens is 733 g/mol. The van der Waals surface area contributed by atoms with Crippen LogP contribution in [0, 0.1) is 0 Å². The standard InChI is InChI=1S/C53H88O6/c1-4-7-10-13-16-19-22-25-26-29-31-34-37-40-43-46-52(55)58-49-50(59-53(56)47-44-41-38-35-32-28-24-21-18-15-12-9-6-3)48-57-51(54)45-42-39-36-33-30-27-23-20-17-14-11-8-5-2/h9,12,16,18-21,23,25-26,28,32,38,41,50H,4-8,10-11,13-15,17,22,24,27,29-31,33-37,39-40,42-49H2,1-3H3/b12-9-,19-16-,21-18-,23-20-,26-25-,32-28-,41-38-. The van der Waals surface area contributed by atoms with Crippen LogP contribution in [0.1, 0.15) is 213 Å². The van der Waals surface area contributed by atoms with Crippen LogP contribution < -0.4 is 0 Å². The first kappa shape index (κ1) is 55.6. The number of hydrogen-bond acceptors (Lipinski definition) is 6. The van der Waals surface area contributed by atoms with E-state index in [1.54, 1.807) is 0 Å². The summed E-state index contributed by atoms with van der Waals surface area (Å²) in [5.41, 5.74) is 0. The van der Waals surface area contributed by atoms with E-state index in [1.165, 1.54) is 64.2 Å². The van der Waals surface area contributed by atoms with Crippen LogP contribution in [0.4, 0.5) is 0 Å². The zero-order chi connectivity index (χ0) is 43.0. The minimum absolute atomic E-state index is 0.115. The molecule has 0 aromatic rings. The van der Waals surface area contributed by atoms with Crippen LogP contribution in [0.5, 0.6) is 0 Å². The lowest BCUT2D eigenvalue weighted by Crippen LogP contribution is -2.30. The van der Waals surface area contributed by atoms with Gasteiger partial charge in [-0.15, -0.1) is 0 Å². The summed E-state index contributed by atoms with van der Waals surface area (Å²) in [7, 11) is 0. The first-order valence-electron chi connectivity index (χ1n) is 24.1. The molecule has 0 saturated carbocycles. The van der Waals surface area contributed by atoms with Gasteiger partial charge in [-0.2, -0.15) is 0 Å². The Labute approximate surface area is 363 Å². The van der Waals surface area contributed by atoms with Crippen molar-refractivity contribution in [3.05, 3.63) is 85.1 Å². The molecule has 6 nitrogen and oxygen atoms in total. The molecule has 0 heterocycles. The third kappa shape index (κ3) is 45.5. The van der Waals surface area contributed by atoms with E-state index >= 15 is 0 Å². The van der Waals surface area contributed by atoms with E-state index in [-0.39, 0.29) is 31.6 Å². The van der Waals surface area contributed by atoms with Crippen molar-refractivity contribution < 1.29 is 28.6 Å². The topological polar surface area (TPSA) is 78.9 Å². The second-order valence-corrected chi connectivity index (χ2v) is 15.6. The van der Waals surface area contributed by atoms with Crippen LogP contribution in [-0.2, 0) is 28.6 Å². The fraction of sp³-hybridized carbons (Fsp3) is 0.679. The predicted octanol–water partition coefficient (Wildman–Crippen LogP) is 15.6. The SMILES string of the molecule is CC/C=C\C/C=C\C/C=C\C/C=C\CCC(=O)OC(COC(=O)CCCCCCC/C=C\C/C=C\CCCCC)COC(=O)CCCCCCC/C=C\CCCCCC. The molecule has 0 aliphatic carbocycles. The van der Waals surface area contributed by atoms with Gasteiger partial charge in [-0.3, -0.25) is 14.4 Å². The highest BCUT2D eigenvalue weighted by atomic mass is 16.6. The highest BCUT2D eigenvalue weighted by Crippen LogP contribution is 2.12. The zero-order valence-corrected chi connectivity index (χ0v) is 38.2. The maximum atomic E-state index is 12.7. The quantitative estimate of drug-likeness (QED) is 0.0264. The number of esters is 3. The van der Waals surface area contributed by atoms with Crippen LogP contribution in [0.15, 0.2) is 85.1 Å². The van der Waals surface area contributed by atoms with E-state index in [4.69, 9.17) is 14.2 Å². The Morgan fingerprint density at radius 3 is 1.15 bits per heavy atom. The van der Waals surface area contributed by atoms with E-state index in [1.807, 2.05) is 12.2 Å². The molecule has 0 amide bonds. The summed E-state index contributed by atoms with van der Waals surface area (Å²) in [6.45, 7) is 6.38. The Morgan fingerprint density at radius 2 is 0.695 bits per heavy atom. The lowest BCUT2D eigenvalue weighted by molar-refractivity contribution is -0.166. The van der Waals surface area contributed by atoms with Crippen molar-refractivity contribution in [3.63, 3.8) is 0 Å². The molecule has 1 atom stereocenters. The second kappa shape index (κ2) is 47.3. The average molecular weight is 821 g/mol. The van der Waals surface area contributed by atoms with Crippen molar-refractivity contribution in [2.24, 2.45) is 0 Å². The van der Waals surface area contributed by atoms with Crippen LogP contribution in [-0.4, -0.2) is 37.2 Å². The van der Waals surface area contributed by atoms with Gasteiger partial charge in [-0.25, -0.2) is 0 Å². The number of ether oxygens (including phenoxy) is 3. The predicted molar refractivity (Wildman–Crippen MR) is 251 cm³/mol. The maximum Gasteiger partial charge on any atom is 0.306 e. The van der Waals surface area contributed by atoms with E-state index in [2.05, 4.69) is 93.7 Å². The van der Waals surface area contributed by atoms with E-state index < -0.39 is 12.1 Å². The van der Waals surface area contributed by atoms with Crippen molar-refractivity contribution in [3.8, 4) is 0 Å². The molecule has 0 rings (SSSR count). The van der Waals surface area contributed by atoms with Crippen molar-refractivity contribution in [2.75, 3.05) is 13.2 Å². The Hall–Kier alpha value is -3.41. The molecule has 6 heteroatoms. The van der Waals surface area contributed by atoms with E-state index in [0.29, 0.717) is 19.3 Å². The van der Waals surface area contributed by atoms with Gasteiger partial charge in [0.2, 0.25) is 0 Å². The Morgan fingerprint density at radius 1 is 0.356 bits per heavy atom. The van der Waals surface area contributed by atoms with Crippen LogP contribution in [0.25, 0.3) is 0 Å². The molecule has 0 aliphatic heterocycles. The number of carbonyl (C=O) groups is 3. The lowest BCUT2D eigenvalue weighted by Gasteiger charge is -2.18. The molecule has 0 saturated heterocycles. The summed E-state index contributed by atoms with van der Waals surface area (Å²) in [5.74, 6) is -1.02. The van der Waals surface area contributed by atoms with Crippen LogP contribution >= 0.6 is 0 Å². The zero-order valence-electron chi connectivity index (χ0n) is 38.2. The summed E-state index contributed by atoms with van der Waals surface area (Å²) in [4.78, 5) is 37.8. The third-order valence-corrected chi connectivity index (χ3v) is 9.87. The van der Waals surface area contributed by atoms with Gasteiger partial charge in [0, 0.05) is 19.3 Å². The van der Waals surface area contributed by atoms with E-state index in [9.17, 15) is 14.4 Å². The van der Waals surface area contributed by atoms with Crippen molar-refractivity contribution in [2.45, 2.75) is 219 Å². The van der Waals surface area contributed by atoms with E-state index in [0.717, 1.165) is 103 Å². The molecule has 1 unspecified atom stereocenters. The maximum absolute atomic E-state index is 12.7. The number of carbonyl (C=O) groups excluding carboxylic acids is 3. The van der Waals surface area contributed by atoms with Gasteiger partial charge in [0.1, 0.15) is 13.2 Å². The number of unbranched alkanes of at least 4 members (excludes halogenated alkanes) is 17. The number of allylic oxidation sites excluding steroid dienone is 14. The van der Waals surface area contributed by atoms with Gasteiger partial charge in [0.25, 0.3) is 0 Å². The summed E-state index contributed by atoms with van der Waals surface area (Å²) in [6.07, 6.45) is 60.0. The highest BCUT2D eigenvalue weighted by molar-refractivity contribution is 5.71. The minimum Gasteiger partial charge on any atom is -0.462 e. The molecule has 0 N–H and O–H groups in total. The van der Waals surface area contributed by atoms with Gasteiger partial charge in [0.05, 0.1) is 0 Å². The summed E-state index contributed by atoms with van der Waals surface area (Å²) in [6, 6.07) is 0. The lowest BCUT2D eigenvalue weighted by atomic mass is 10.1. The van der Waals surface area contributed by atoms with Crippen LogP contribution in [0.3, 0.4) is 0 Å². The van der Waals surface area contributed by atoms with Crippen molar-refractivity contribution in [1.29, 1.82) is 0 Å². The summed E-state index contributed by atoms with van der Waals surface area (Å²) < 4.78 is 16.7. The number of rotatable bonds is 42. The van der Waals surface area contributed by atoms with Crippen LogP contribution in [0.2, 0.25) is 0 Å². The Balaban J connectivity index is 4.52. The molecule has 0 aliphatic rings.